The van der Waals surface area contributed by atoms with Crippen LogP contribution in [0.4, 0.5) is 11.4 Å². The van der Waals surface area contributed by atoms with Crippen LogP contribution in [-0.4, -0.2) is 46.7 Å². The van der Waals surface area contributed by atoms with Crippen molar-refractivity contribution in [2.24, 2.45) is 0 Å². The zero-order valence-corrected chi connectivity index (χ0v) is 15.6. The van der Waals surface area contributed by atoms with Crippen LogP contribution in [-0.2, 0) is 10.0 Å². The highest BCUT2D eigenvalue weighted by atomic mass is 32.2. The summed E-state index contributed by atoms with van der Waals surface area (Å²) in [5.74, 6) is 1.27. The van der Waals surface area contributed by atoms with Crippen LogP contribution in [0.5, 0.6) is 11.5 Å². The van der Waals surface area contributed by atoms with Crippen LogP contribution in [0.3, 0.4) is 0 Å². The van der Waals surface area contributed by atoms with Gasteiger partial charge in [-0.1, -0.05) is 12.1 Å². The van der Waals surface area contributed by atoms with Crippen molar-refractivity contribution in [1.82, 2.24) is 4.72 Å². The highest BCUT2D eigenvalue weighted by molar-refractivity contribution is 7.89. The van der Waals surface area contributed by atoms with Gasteiger partial charge >= 0.3 is 0 Å². The van der Waals surface area contributed by atoms with Crippen LogP contribution in [0.2, 0.25) is 0 Å². The molecule has 0 bridgehead atoms. The summed E-state index contributed by atoms with van der Waals surface area (Å²) >= 11 is 0. The van der Waals surface area contributed by atoms with Crippen molar-refractivity contribution in [1.29, 1.82) is 0 Å². The zero-order chi connectivity index (χ0) is 19.6. The van der Waals surface area contributed by atoms with Crippen molar-refractivity contribution in [3.8, 4) is 11.5 Å². The predicted molar refractivity (Wildman–Crippen MR) is 99.0 cm³/mol. The van der Waals surface area contributed by atoms with Crippen LogP contribution in [0, 0.1) is 10.1 Å². The molecule has 0 unspecified atom stereocenters. The summed E-state index contributed by atoms with van der Waals surface area (Å²) in [6.45, 7) is 0.634. The van der Waals surface area contributed by atoms with Crippen LogP contribution in [0.15, 0.2) is 47.4 Å². The Bertz CT molecular complexity index is 963. The summed E-state index contributed by atoms with van der Waals surface area (Å²) in [7, 11) is -0.846. The molecule has 10 heteroatoms. The van der Waals surface area contributed by atoms with Crippen molar-refractivity contribution in [3.63, 3.8) is 0 Å². The fourth-order valence-electron chi connectivity index (χ4n) is 2.81. The third kappa shape index (κ3) is 3.96. The maximum atomic E-state index is 11.9. The molecular weight excluding hydrogens is 374 g/mol. The number of benzene rings is 2. The lowest BCUT2D eigenvalue weighted by Crippen LogP contribution is -2.39. The number of nitro benzene ring substituents is 1. The van der Waals surface area contributed by atoms with Crippen molar-refractivity contribution in [2.45, 2.75) is 11.0 Å². The van der Waals surface area contributed by atoms with Gasteiger partial charge in [0, 0.05) is 13.1 Å². The van der Waals surface area contributed by atoms with Gasteiger partial charge in [-0.25, -0.2) is 13.1 Å². The predicted octanol–water partition coefficient (Wildman–Crippen LogP) is 1.78. The Balaban J connectivity index is 1.82. The summed E-state index contributed by atoms with van der Waals surface area (Å²) < 4.78 is 37.5. The number of ether oxygens (including phenoxy) is 2. The lowest BCUT2D eigenvalue weighted by molar-refractivity contribution is -0.384. The lowest BCUT2D eigenvalue weighted by Gasteiger charge is -2.30. The largest absolute Gasteiger partial charge is 0.486 e. The molecule has 144 valence electrons. The van der Waals surface area contributed by atoms with E-state index < -0.39 is 14.9 Å². The summed E-state index contributed by atoms with van der Waals surface area (Å²) in [6.07, 6.45) is -0.328. The van der Waals surface area contributed by atoms with Crippen LogP contribution in [0.25, 0.3) is 0 Å². The van der Waals surface area contributed by atoms with E-state index in [2.05, 4.69) is 4.72 Å². The smallest absolute Gasteiger partial charge is 0.293 e. The first-order chi connectivity index (χ1) is 12.8. The Kier molecular flexibility index (Phi) is 5.19. The molecular formula is C17H19N3O6S. The third-order valence-corrected chi connectivity index (χ3v) is 5.59. The lowest BCUT2D eigenvalue weighted by atomic mass is 10.2. The summed E-state index contributed by atoms with van der Waals surface area (Å²) in [5.41, 5.74) is -0.0107. The highest BCUT2D eigenvalue weighted by Gasteiger charge is 2.26. The van der Waals surface area contributed by atoms with Gasteiger partial charge in [0.05, 0.1) is 16.4 Å². The van der Waals surface area contributed by atoms with E-state index in [4.69, 9.17) is 9.47 Å². The molecule has 2 aromatic carbocycles. The van der Waals surface area contributed by atoms with E-state index in [-0.39, 0.29) is 22.4 Å². The summed E-state index contributed by atoms with van der Waals surface area (Å²) in [5, 5.41) is 11.5. The van der Waals surface area contributed by atoms with Gasteiger partial charge in [-0.3, -0.25) is 10.1 Å². The summed E-state index contributed by atoms with van der Waals surface area (Å²) in [6, 6.07) is 11.1. The minimum absolute atomic E-state index is 0.167. The van der Waals surface area contributed by atoms with Gasteiger partial charge in [0.1, 0.15) is 12.3 Å². The Morgan fingerprint density at radius 3 is 2.63 bits per heavy atom. The van der Waals surface area contributed by atoms with Gasteiger partial charge in [0.2, 0.25) is 10.0 Å². The second-order valence-corrected chi connectivity index (χ2v) is 7.88. The van der Waals surface area contributed by atoms with Gasteiger partial charge in [0.25, 0.3) is 5.69 Å². The minimum atomic E-state index is -3.77. The van der Waals surface area contributed by atoms with Crippen molar-refractivity contribution >= 4 is 21.4 Å². The molecule has 0 saturated carbocycles. The maximum Gasteiger partial charge on any atom is 0.293 e. The number of hydrogen-bond acceptors (Lipinski definition) is 7. The van der Waals surface area contributed by atoms with E-state index >= 15 is 0 Å². The number of anilines is 1. The first kappa shape index (κ1) is 18.9. The molecule has 1 heterocycles. The van der Waals surface area contributed by atoms with Gasteiger partial charge in [0.15, 0.2) is 17.6 Å². The number of para-hydroxylation sites is 2. The average molecular weight is 393 g/mol. The van der Waals surface area contributed by atoms with Gasteiger partial charge < -0.3 is 14.4 Å². The third-order valence-electron chi connectivity index (χ3n) is 4.18. The Labute approximate surface area is 156 Å². The number of hydrogen-bond donors (Lipinski definition) is 1. The second kappa shape index (κ2) is 7.41. The Morgan fingerprint density at radius 2 is 1.96 bits per heavy atom. The van der Waals surface area contributed by atoms with Crippen molar-refractivity contribution in [3.05, 3.63) is 52.6 Å². The Morgan fingerprint density at radius 1 is 1.26 bits per heavy atom. The van der Waals surface area contributed by atoms with Gasteiger partial charge in [-0.15, -0.1) is 0 Å². The first-order valence-corrected chi connectivity index (χ1v) is 9.62. The van der Waals surface area contributed by atoms with E-state index in [0.29, 0.717) is 24.7 Å². The number of nitrogens with zero attached hydrogens (tertiary/aromatic N) is 2. The fourth-order valence-corrected chi connectivity index (χ4v) is 3.56. The molecule has 0 aliphatic carbocycles. The molecule has 0 amide bonds. The topological polar surface area (TPSA) is 111 Å². The highest BCUT2D eigenvalue weighted by Crippen LogP contribution is 2.33. The SMILES string of the molecule is CNS(=O)(=O)c1ccc(N(C)C[C@H]2COc3ccccc3O2)c([N+](=O)[O-])c1. The molecule has 0 spiro atoms. The second-order valence-electron chi connectivity index (χ2n) is 5.99. The number of rotatable bonds is 6. The van der Waals surface area contributed by atoms with E-state index in [1.807, 2.05) is 12.1 Å². The van der Waals surface area contributed by atoms with Gasteiger partial charge in [-0.05, 0) is 31.3 Å². The molecule has 0 aromatic heterocycles. The molecule has 9 nitrogen and oxygen atoms in total. The van der Waals surface area contributed by atoms with E-state index in [0.717, 1.165) is 6.07 Å². The number of nitro groups is 1. The van der Waals surface area contributed by atoms with E-state index in [1.165, 1.54) is 19.2 Å². The number of fused-ring (bicyclic) bond motifs is 1. The minimum Gasteiger partial charge on any atom is -0.486 e. The molecule has 1 aliphatic rings. The fraction of sp³-hybridized carbons (Fsp3) is 0.294. The molecule has 1 N–H and O–H groups in total. The van der Waals surface area contributed by atoms with Crippen molar-refractivity contribution < 1.29 is 22.8 Å². The summed E-state index contributed by atoms with van der Waals surface area (Å²) in [4.78, 5) is 12.3. The number of sulfonamides is 1. The molecule has 27 heavy (non-hydrogen) atoms. The van der Waals surface area contributed by atoms with Crippen molar-refractivity contribution in [2.75, 3.05) is 32.1 Å². The normalized spacial score (nSPS) is 16.0. The van der Waals surface area contributed by atoms with E-state index in [1.54, 1.807) is 24.1 Å². The zero-order valence-electron chi connectivity index (χ0n) is 14.8. The van der Waals surface area contributed by atoms with Gasteiger partial charge in [-0.2, -0.15) is 0 Å². The van der Waals surface area contributed by atoms with E-state index in [9.17, 15) is 18.5 Å². The number of nitrogens with one attached hydrogen (secondary N) is 1. The molecule has 0 fully saturated rings. The number of likely N-dealkylation sites (N-methyl/N-ethyl adjacent to an activating group) is 1. The first-order valence-electron chi connectivity index (χ1n) is 8.13. The average Bonchev–Trinajstić information content (AvgIpc) is 2.67. The molecule has 2 aromatic rings. The molecule has 1 atom stereocenters. The molecule has 1 aliphatic heterocycles. The molecule has 0 radical (unpaired) electrons. The quantitative estimate of drug-likeness (QED) is 0.588. The maximum absolute atomic E-state index is 11.9. The molecule has 0 saturated heterocycles. The van der Waals surface area contributed by atoms with Crippen LogP contribution < -0.4 is 19.1 Å². The van der Waals surface area contributed by atoms with Crippen LogP contribution >= 0.6 is 0 Å². The standard InChI is InChI=1S/C17H19N3O6S/c1-18-27(23,24)13-7-8-14(15(9-13)20(21)22)19(2)10-12-11-25-16-5-3-4-6-17(16)26-12/h3-9,12,18H,10-11H2,1-2H3/t12-/m0/s1. The monoisotopic (exact) mass is 393 g/mol. The Hall–Kier alpha value is -2.85. The molecule has 3 rings (SSSR count). The van der Waals surface area contributed by atoms with Crippen LogP contribution in [0.1, 0.15) is 0 Å².